The lowest BCUT2D eigenvalue weighted by Crippen LogP contribution is -2.31. The van der Waals surface area contributed by atoms with E-state index in [-0.39, 0.29) is 23.6 Å². The number of carbonyl (C=O) groups is 2. The number of likely N-dealkylation sites (tertiary alicyclic amines) is 1. The zero-order valence-corrected chi connectivity index (χ0v) is 18.7. The Labute approximate surface area is 196 Å². The highest BCUT2D eigenvalue weighted by molar-refractivity contribution is 6.46. The Hall–Kier alpha value is -4.32. The molecule has 170 valence electrons. The molecule has 3 aromatic carbocycles. The van der Waals surface area contributed by atoms with Crippen LogP contribution in [0.3, 0.4) is 0 Å². The van der Waals surface area contributed by atoms with Gasteiger partial charge >= 0.3 is 0 Å². The molecule has 0 aliphatic carbocycles. The zero-order valence-electron chi connectivity index (χ0n) is 18.7. The first-order valence-corrected chi connectivity index (χ1v) is 11.1. The SMILES string of the molecule is Cc1ccc(/C(O)=C2\C(=O)C(=O)N(CCc3c[nH]c4ccccc34)C2c2cccc(O)c2)cc1. The van der Waals surface area contributed by atoms with Crippen LogP contribution in [0, 0.1) is 6.92 Å². The van der Waals surface area contributed by atoms with Gasteiger partial charge in [0.1, 0.15) is 11.5 Å². The summed E-state index contributed by atoms with van der Waals surface area (Å²) in [6, 6.07) is 20.7. The van der Waals surface area contributed by atoms with E-state index in [1.54, 1.807) is 24.3 Å². The van der Waals surface area contributed by atoms with Gasteiger partial charge in [0, 0.05) is 29.2 Å². The van der Waals surface area contributed by atoms with Gasteiger partial charge in [-0.2, -0.15) is 0 Å². The van der Waals surface area contributed by atoms with E-state index in [1.165, 1.54) is 17.0 Å². The molecular formula is C28H24N2O4. The highest BCUT2D eigenvalue weighted by Gasteiger charge is 2.46. The lowest BCUT2D eigenvalue weighted by molar-refractivity contribution is -0.139. The van der Waals surface area contributed by atoms with Crippen molar-refractivity contribution in [3.63, 3.8) is 0 Å². The summed E-state index contributed by atoms with van der Waals surface area (Å²) < 4.78 is 0. The third kappa shape index (κ3) is 3.73. The fraction of sp³-hybridized carbons (Fsp3) is 0.143. The Morgan fingerprint density at radius 1 is 1.00 bits per heavy atom. The second kappa shape index (κ2) is 8.56. The monoisotopic (exact) mass is 452 g/mol. The number of aromatic hydroxyl groups is 1. The van der Waals surface area contributed by atoms with Crippen molar-refractivity contribution in [2.24, 2.45) is 0 Å². The smallest absolute Gasteiger partial charge is 0.295 e. The van der Waals surface area contributed by atoms with Crippen LogP contribution in [-0.4, -0.2) is 38.3 Å². The number of hydrogen-bond acceptors (Lipinski definition) is 4. The molecule has 1 amide bonds. The lowest BCUT2D eigenvalue weighted by atomic mass is 9.94. The summed E-state index contributed by atoms with van der Waals surface area (Å²) in [6.45, 7) is 2.21. The Balaban J connectivity index is 1.57. The number of aryl methyl sites for hydroxylation is 1. The van der Waals surface area contributed by atoms with Crippen molar-refractivity contribution >= 4 is 28.4 Å². The van der Waals surface area contributed by atoms with E-state index in [0.717, 1.165) is 22.0 Å². The Morgan fingerprint density at radius 3 is 2.53 bits per heavy atom. The fourth-order valence-electron chi connectivity index (χ4n) is 4.60. The van der Waals surface area contributed by atoms with Gasteiger partial charge in [-0.3, -0.25) is 9.59 Å². The molecule has 1 aliphatic rings. The van der Waals surface area contributed by atoms with Crippen LogP contribution in [0.4, 0.5) is 0 Å². The molecule has 0 spiro atoms. The summed E-state index contributed by atoms with van der Waals surface area (Å²) in [5, 5.41) is 22.3. The predicted octanol–water partition coefficient (Wildman–Crippen LogP) is 4.85. The molecule has 0 radical (unpaired) electrons. The Morgan fingerprint density at radius 2 is 1.76 bits per heavy atom. The quantitative estimate of drug-likeness (QED) is 0.229. The Kier molecular flexibility index (Phi) is 5.42. The number of hydrogen-bond donors (Lipinski definition) is 3. The van der Waals surface area contributed by atoms with Crippen molar-refractivity contribution in [1.82, 2.24) is 9.88 Å². The average molecular weight is 453 g/mol. The average Bonchev–Trinajstić information content (AvgIpc) is 3.36. The van der Waals surface area contributed by atoms with Gasteiger partial charge in [0.05, 0.1) is 11.6 Å². The molecule has 4 aromatic rings. The zero-order chi connectivity index (χ0) is 23.8. The van der Waals surface area contributed by atoms with Crippen LogP contribution in [0.2, 0.25) is 0 Å². The molecule has 1 atom stereocenters. The third-order valence-corrected chi connectivity index (χ3v) is 6.35. The van der Waals surface area contributed by atoms with E-state index in [4.69, 9.17) is 0 Å². The van der Waals surface area contributed by atoms with E-state index in [0.29, 0.717) is 17.5 Å². The number of ketones is 1. The summed E-state index contributed by atoms with van der Waals surface area (Å²) in [6.07, 6.45) is 2.44. The van der Waals surface area contributed by atoms with Crippen LogP contribution < -0.4 is 0 Å². The number of carbonyl (C=O) groups excluding carboxylic acids is 2. The van der Waals surface area contributed by atoms with Crippen molar-refractivity contribution < 1.29 is 19.8 Å². The first-order valence-electron chi connectivity index (χ1n) is 11.1. The van der Waals surface area contributed by atoms with Crippen molar-refractivity contribution in [2.45, 2.75) is 19.4 Å². The van der Waals surface area contributed by atoms with Gasteiger partial charge < -0.3 is 20.1 Å². The van der Waals surface area contributed by atoms with Crippen molar-refractivity contribution in [2.75, 3.05) is 6.54 Å². The number of phenols is 1. The molecule has 1 saturated heterocycles. The molecule has 6 heteroatoms. The van der Waals surface area contributed by atoms with Gasteiger partial charge in [0.25, 0.3) is 11.7 Å². The highest BCUT2D eigenvalue weighted by atomic mass is 16.3. The number of aromatic amines is 1. The van der Waals surface area contributed by atoms with E-state index >= 15 is 0 Å². The summed E-state index contributed by atoms with van der Waals surface area (Å²) in [7, 11) is 0. The molecule has 1 aliphatic heterocycles. The number of amides is 1. The first kappa shape index (κ1) is 21.5. The van der Waals surface area contributed by atoms with Crippen LogP contribution in [-0.2, 0) is 16.0 Å². The van der Waals surface area contributed by atoms with Crippen LogP contribution in [0.15, 0.2) is 84.6 Å². The van der Waals surface area contributed by atoms with E-state index < -0.39 is 17.7 Å². The van der Waals surface area contributed by atoms with Gasteiger partial charge in [-0.25, -0.2) is 0 Å². The summed E-state index contributed by atoms with van der Waals surface area (Å²) in [5.74, 6) is -1.59. The standard InChI is InChI=1S/C28H24N2O4/c1-17-9-11-18(12-10-17)26(32)24-25(19-5-4-6-21(31)15-19)30(28(34)27(24)33)14-13-20-16-29-23-8-3-2-7-22(20)23/h2-12,15-16,25,29,31-32H,13-14H2,1H3/b26-24+. The number of rotatable bonds is 5. The van der Waals surface area contributed by atoms with Crippen molar-refractivity contribution in [3.05, 3.63) is 107 Å². The summed E-state index contributed by atoms with van der Waals surface area (Å²) >= 11 is 0. The van der Waals surface area contributed by atoms with Gasteiger partial charge in [0.15, 0.2) is 0 Å². The van der Waals surface area contributed by atoms with Crippen molar-refractivity contribution in [1.29, 1.82) is 0 Å². The van der Waals surface area contributed by atoms with Gasteiger partial charge in [-0.05, 0) is 42.7 Å². The normalized spacial score (nSPS) is 17.6. The number of aromatic nitrogens is 1. The molecular weight excluding hydrogens is 428 g/mol. The molecule has 2 heterocycles. The second-order valence-corrected chi connectivity index (χ2v) is 8.56. The second-order valence-electron chi connectivity index (χ2n) is 8.56. The minimum Gasteiger partial charge on any atom is -0.508 e. The molecule has 3 N–H and O–H groups in total. The highest BCUT2D eigenvalue weighted by Crippen LogP contribution is 2.40. The van der Waals surface area contributed by atoms with E-state index in [9.17, 15) is 19.8 Å². The summed E-state index contributed by atoms with van der Waals surface area (Å²) in [4.78, 5) is 31.0. The van der Waals surface area contributed by atoms with Gasteiger partial charge in [0.2, 0.25) is 0 Å². The maximum Gasteiger partial charge on any atom is 0.295 e. The minimum atomic E-state index is -0.807. The Bertz CT molecular complexity index is 1430. The number of Topliss-reactive ketones (excluding diaryl/α,β-unsaturated/α-hetero) is 1. The number of phenolic OH excluding ortho intramolecular Hbond substituents is 1. The molecule has 1 unspecified atom stereocenters. The minimum absolute atomic E-state index is 0.0232. The maximum atomic E-state index is 13.2. The van der Waals surface area contributed by atoms with Crippen LogP contribution in [0.25, 0.3) is 16.7 Å². The fourth-order valence-corrected chi connectivity index (χ4v) is 4.60. The number of nitrogens with one attached hydrogen (secondary N) is 1. The molecule has 6 nitrogen and oxygen atoms in total. The number of para-hydroxylation sites is 1. The maximum absolute atomic E-state index is 13.2. The molecule has 34 heavy (non-hydrogen) atoms. The molecule has 5 rings (SSSR count). The number of aliphatic hydroxyl groups excluding tert-OH is 1. The van der Waals surface area contributed by atoms with Crippen LogP contribution in [0.5, 0.6) is 5.75 Å². The van der Waals surface area contributed by atoms with Gasteiger partial charge in [-0.15, -0.1) is 0 Å². The largest absolute Gasteiger partial charge is 0.508 e. The number of H-pyrrole nitrogens is 1. The van der Waals surface area contributed by atoms with E-state index in [1.807, 2.05) is 49.5 Å². The number of aliphatic hydroxyl groups is 1. The van der Waals surface area contributed by atoms with Gasteiger partial charge in [-0.1, -0.05) is 60.2 Å². The number of fused-ring (bicyclic) bond motifs is 1. The lowest BCUT2D eigenvalue weighted by Gasteiger charge is -2.25. The van der Waals surface area contributed by atoms with Crippen molar-refractivity contribution in [3.8, 4) is 5.75 Å². The molecule has 0 saturated carbocycles. The topological polar surface area (TPSA) is 93.6 Å². The number of nitrogens with zero attached hydrogens (tertiary/aromatic N) is 1. The predicted molar refractivity (Wildman–Crippen MR) is 130 cm³/mol. The van der Waals surface area contributed by atoms with E-state index in [2.05, 4.69) is 4.98 Å². The summed E-state index contributed by atoms with van der Waals surface area (Å²) in [5.41, 5.74) is 4.10. The third-order valence-electron chi connectivity index (χ3n) is 6.35. The molecule has 0 bridgehead atoms. The molecule has 1 fully saturated rings. The number of benzene rings is 3. The van der Waals surface area contributed by atoms with Crippen LogP contribution >= 0.6 is 0 Å². The van der Waals surface area contributed by atoms with Crippen LogP contribution in [0.1, 0.15) is 28.3 Å². The first-order chi connectivity index (χ1) is 16.4. The molecule has 1 aromatic heterocycles.